The van der Waals surface area contributed by atoms with Gasteiger partial charge in [-0.2, -0.15) is 0 Å². The van der Waals surface area contributed by atoms with Crippen LogP contribution in [0.2, 0.25) is 0 Å². The quantitative estimate of drug-likeness (QED) is 0.790. The van der Waals surface area contributed by atoms with Gasteiger partial charge in [0.05, 0.1) is 7.11 Å². The van der Waals surface area contributed by atoms with Gasteiger partial charge in [-0.25, -0.2) is 4.79 Å². The SMILES string of the molecule is COc1ccc(C(=O)NC[C@H](CC(C)C)NC(=O)OC(C)(C)C)cc1. The molecule has 0 aliphatic carbocycles. The van der Waals surface area contributed by atoms with Crippen LogP contribution in [0.1, 0.15) is 51.4 Å². The lowest BCUT2D eigenvalue weighted by Gasteiger charge is -2.25. The molecule has 6 nitrogen and oxygen atoms in total. The summed E-state index contributed by atoms with van der Waals surface area (Å²) in [7, 11) is 1.58. The van der Waals surface area contributed by atoms with Crippen LogP contribution in [-0.2, 0) is 4.74 Å². The number of ether oxygens (including phenoxy) is 2. The molecule has 2 amide bonds. The zero-order chi connectivity index (χ0) is 19.0. The van der Waals surface area contributed by atoms with E-state index in [1.54, 1.807) is 31.4 Å². The molecule has 0 radical (unpaired) electrons. The number of carbonyl (C=O) groups excluding carboxylic acids is 2. The Labute approximate surface area is 150 Å². The van der Waals surface area contributed by atoms with E-state index < -0.39 is 11.7 Å². The van der Waals surface area contributed by atoms with Gasteiger partial charge in [0, 0.05) is 18.2 Å². The van der Waals surface area contributed by atoms with Gasteiger partial charge in [-0.1, -0.05) is 13.8 Å². The zero-order valence-electron chi connectivity index (χ0n) is 16.0. The largest absolute Gasteiger partial charge is 0.497 e. The Balaban J connectivity index is 2.61. The van der Waals surface area contributed by atoms with Crippen LogP contribution in [0.25, 0.3) is 0 Å². The van der Waals surface area contributed by atoms with E-state index in [0.29, 0.717) is 23.8 Å². The lowest BCUT2D eigenvalue weighted by molar-refractivity contribution is 0.0496. The van der Waals surface area contributed by atoms with Crippen molar-refractivity contribution in [2.45, 2.75) is 52.7 Å². The van der Waals surface area contributed by atoms with Crippen LogP contribution in [0, 0.1) is 5.92 Å². The monoisotopic (exact) mass is 350 g/mol. The van der Waals surface area contributed by atoms with Crippen LogP contribution >= 0.6 is 0 Å². The molecule has 1 aromatic rings. The summed E-state index contributed by atoms with van der Waals surface area (Å²) in [5.41, 5.74) is -0.0138. The summed E-state index contributed by atoms with van der Waals surface area (Å²) in [5.74, 6) is 0.876. The van der Waals surface area contributed by atoms with E-state index in [4.69, 9.17) is 9.47 Å². The number of benzene rings is 1. The molecule has 0 heterocycles. The Morgan fingerprint density at radius 3 is 2.20 bits per heavy atom. The predicted molar refractivity (Wildman–Crippen MR) is 97.9 cm³/mol. The van der Waals surface area contributed by atoms with Gasteiger partial charge in [0.1, 0.15) is 11.4 Å². The molecule has 0 aliphatic rings. The van der Waals surface area contributed by atoms with E-state index in [9.17, 15) is 9.59 Å². The molecule has 1 aromatic carbocycles. The van der Waals surface area contributed by atoms with E-state index in [1.165, 1.54) is 0 Å². The fourth-order valence-corrected chi connectivity index (χ4v) is 2.30. The third kappa shape index (κ3) is 8.42. The van der Waals surface area contributed by atoms with Crippen molar-refractivity contribution in [1.29, 1.82) is 0 Å². The molecule has 140 valence electrons. The number of alkyl carbamates (subject to hydrolysis) is 1. The highest BCUT2D eigenvalue weighted by atomic mass is 16.6. The highest BCUT2D eigenvalue weighted by molar-refractivity contribution is 5.94. The number of hydrogen-bond donors (Lipinski definition) is 2. The molecule has 0 fully saturated rings. The second-order valence-corrected chi connectivity index (χ2v) is 7.41. The second kappa shape index (κ2) is 9.30. The summed E-state index contributed by atoms with van der Waals surface area (Å²) in [5, 5.41) is 5.69. The van der Waals surface area contributed by atoms with E-state index in [0.717, 1.165) is 6.42 Å². The van der Waals surface area contributed by atoms with E-state index in [1.807, 2.05) is 20.8 Å². The van der Waals surface area contributed by atoms with Gasteiger partial charge in [-0.3, -0.25) is 4.79 Å². The summed E-state index contributed by atoms with van der Waals surface area (Å²) in [6, 6.07) is 6.68. The van der Waals surface area contributed by atoms with Gasteiger partial charge in [0.15, 0.2) is 0 Å². The maximum Gasteiger partial charge on any atom is 0.407 e. The van der Waals surface area contributed by atoms with Crippen molar-refractivity contribution in [2.75, 3.05) is 13.7 Å². The number of carbonyl (C=O) groups is 2. The lowest BCUT2D eigenvalue weighted by Crippen LogP contribution is -2.46. The third-order valence-corrected chi connectivity index (χ3v) is 3.34. The van der Waals surface area contributed by atoms with Crippen LogP contribution in [-0.4, -0.2) is 37.3 Å². The fourth-order valence-electron chi connectivity index (χ4n) is 2.30. The molecule has 25 heavy (non-hydrogen) atoms. The number of methoxy groups -OCH3 is 1. The predicted octanol–water partition coefficient (Wildman–Crippen LogP) is 3.36. The molecule has 2 N–H and O–H groups in total. The minimum atomic E-state index is -0.557. The molecule has 0 unspecified atom stereocenters. The summed E-state index contributed by atoms with van der Waals surface area (Å²) in [6.45, 7) is 9.91. The smallest absolute Gasteiger partial charge is 0.407 e. The minimum absolute atomic E-state index is 0.192. The number of amides is 2. The number of rotatable bonds is 7. The van der Waals surface area contributed by atoms with Gasteiger partial charge in [0.2, 0.25) is 0 Å². The zero-order valence-corrected chi connectivity index (χ0v) is 16.0. The van der Waals surface area contributed by atoms with Crippen molar-refractivity contribution >= 4 is 12.0 Å². The highest BCUT2D eigenvalue weighted by Gasteiger charge is 2.20. The standard InChI is InChI=1S/C19H30N2O4/c1-13(2)11-15(21-18(23)25-19(3,4)5)12-20-17(22)14-7-9-16(24-6)10-8-14/h7-10,13,15H,11-12H2,1-6H3,(H,20,22)(H,21,23)/t15-/m0/s1. The molecule has 0 aliphatic heterocycles. The number of hydrogen-bond acceptors (Lipinski definition) is 4. The summed E-state index contributed by atoms with van der Waals surface area (Å²) in [4.78, 5) is 24.2. The Morgan fingerprint density at radius 2 is 1.72 bits per heavy atom. The van der Waals surface area contributed by atoms with Crippen LogP contribution in [0.4, 0.5) is 4.79 Å². The van der Waals surface area contributed by atoms with Gasteiger partial charge in [0.25, 0.3) is 5.91 Å². The van der Waals surface area contributed by atoms with E-state index >= 15 is 0 Å². The molecule has 1 atom stereocenters. The van der Waals surface area contributed by atoms with Crippen molar-refractivity contribution < 1.29 is 19.1 Å². The molecule has 6 heteroatoms. The number of nitrogens with one attached hydrogen (secondary N) is 2. The first-order valence-electron chi connectivity index (χ1n) is 8.52. The molecule has 0 saturated heterocycles. The van der Waals surface area contributed by atoms with Crippen LogP contribution in [0.5, 0.6) is 5.75 Å². The first kappa shape index (κ1) is 20.8. The Bertz CT molecular complexity index is 562. The summed E-state index contributed by atoms with van der Waals surface area (Å²) >= 11 is 0. The molecular weight excluding hydrogens is 320 g/mol. The Hall–Kier alpha value is -2.24. The topological polar surface area (TPSA) is 76.7 Å². The average Bonchev–Trinajstić information content (AvgIpc) is 2.50. The van der Waals surface area contributed by atoms with Crippen molar-refractivity contribution in [3.05, 3.63) is 29.8 Å². The van der Waals surface area contributed by atoms with Crippen molar-refractivity contribution in [2.24, 2.45) is 5.92 Å². The van der Waals surface area contributed by atoms with E-state index in [2.05, 4.69) is 24.5 Å². The molecule has 0 bridgehead atoms. The van der Waals surface area contributed by atoms with Crippen LogP contribution < -0.4 is 15.4 Å². The molecule has 0 aromatic heterocycles. The average molecular weight is 350 g/mol. The molecule has 0 spiro atoms. The van der Waals surface area contributed by atoms with Crippen LogP contribution in [0.3, 0.4) is 0 Å². The second-order valence-electron chi connectivity index (χ2n) is 7.41. The van der Waals surface area contributed by atoms with Crippen molar-refractivity contribution in [3.63, 3.8) is 0 Å². The first-order valence-corrected chi connectivity index (χ1v) is 8.52. The minimum Gasteiger partial charge on any atom is -0.497 e. The maximum absolute atomic E-state index is 12.3. The third-order valence-electron chi connectivity index (χ3n) is 3.34. The lowest BCUT2D eigenvalue weighted by atomic mass is 10.0. The normalized spacial score (nSPS) is 12.4. The van der Waals surface area contributed by atoms with E-state index in [-0.39, 0.29) is 11.9 Å². The fraction of sp³-hybridized carbons (Fsp3) is 0.579. The summed E-state index contributed by atoms with van der Waals surface area (Å²) in [6.07, 6.45) is 0.263. The highest BCUT2D eigenvalue weighted by Crippen LogP contribution is 2.12. The van der Waals surface area contributed by atoms with Crippen molar-refractivity contribution in [1.82, 2.24) is 10.6 Å². The van der Waals surface area contributed by atoms with Gasteiger partial charge in [-0.05, 0) is 57.4 Å². The van der Waals surface area contributed by atoms with Gasteiger partial charge >= 0.3 is 6.09 Å². The summed E-state index contributed by atoms with van der Waals surface area (Å²) < 4.78 is 10.4. The maximum atomic E-state index is 12.3. The van der Waals surface area contributed by atoms with Gasteiger partial charge < -0.3 is 20.1 Å². The Morgan fingerprint density at radius 1 is 1.12 bits per heavy atom. The first-order chi connectivity index (χ1) is 11.6. The Kier molecular flexibility index (Phi) is 7.74. The molecule has 0 saturated carbocycles. The van der Waals surface area contributed by atoms with Gasteiger partial charge in [-0.15, -0.1) is 0 Å². The van der Waals surface area contributed by atoms with Crippen LogP contribution in [0.15, 0.2) is 24.3 Å². The molecular formula is C19H30N2O4. The van der Waals surface area contributed by atoms with Crippen molar-refractivity contribution in [3.8, 4) is 5.75 Å². The molecule has 1 rings (SSSR count).